The van der Waals surface area contributed by atoms with E-state index in [1.54, 1.807) is 0 Å². The van der Waals surface area contributed by atoms with Crippen LogP contribution in [0.5, 0.6) is 0 Å². The van der Waals surface area contributed by atoms with Crippen molar-refractivity contribution in [2.45, 2.75) is 0 Å². The lowest BCUT2D eigenvalue weighted by Crippen LogP contribution is -1.94. The minimum Gasteiger partial charge on any atom is -0.342 e. The Morgan fingerprint density at radius 1 is 0.457 bits per heavy atom. The van der Waals surface area contributed by atoms with Crippen LogP contribution in [0, 0.1) is 0 Å². The van der Waals surface area contributed by atoms with E-state index in [-0.39, 0.29) is 0 Å². The lowest BCUT2D eigenvalue weighted by molar-refractivity contribution is 1.01. The minimum atomic E-state index is 1.04. The summed E-state index contributed by atoms with van der Waals surface area (Å²) in [7, 11) is 2.11. The van der Waals surface area contributed by atoms with E-state index in [1.807, 2.05) is 23.6 Å². The number of benzene rings is 6. The van der Waals surface area contributed by atoms with Gasteiger partial charge in [-0.25, -0.2) is 0 Å². The van der Waals surface area contributed by atoms with Crippen molar-refractivity contribution in [3.63, 3.8) is 0 Å². The van der Waals surface area contributed by atoms with E-state index in [1.165, 1.54) is 75.1 Å². The van der Waals surface area contributed by atoms with Crippen LogP contribution >= 0.6 is 11.3 Å². The maximum atomic E-state index is 4.72. The zero-order valence-corrected chi connectivity index (χ0v) is 25.9. The van der Waals surface area contributed by atoms with Crippen LogP contribution in [0.4, 0.5) is 0 Å². The van der Waals surface area contributed by atoms with E-state index in [2.05, 4.69) is 150 Å². The van der Waals surface area contributed by atoms with Crippen LogP contribution in [0.1, 0.15) is 0 Å². The molecule has 4 aromatic heterocycles. The van der Waals surface area contributed by atoms with Gasteiger partial charge in [0.25, 0.3) is 0 Å². The molecule has 216 valence electrons. The molecule has 0 aliphatic carbocycles. The Bertz CT molecular complexity index is 2830. The summed E-state index contributed by atoms with van der Waals surface area (Å²) in [5.74, 6) is 0. The van der Waals surface area contributed by atoms with Gasteiger partial charge in [-0.3, -0.25) is 4.98 Å². The third kappa shape index (κ3) is 3.68. The predicted octanol–water partition coefficient (Wildman–Crippen LogP) is 11.5. The van der Waals surface area contributed by atoms with Gasteiger partial charge in [0.1, 0.15) is 0 Å². The van der Waals surface area contributed by atoms with Crippen molar-refractivity contribution in [2.75, 3.05) is 0 Å². The van der Waals surface area contributed by atoms with E-state index >= 15 is 0 Å². The fourth-order valence-electron chi connectivity index (χ4n) is 7.36. The first-order chi connectivity index (χ1) is 22.7. The molecule has 0 spiro atoms. The standard InChI is InChI=1S/C42H27N3S/c1-44-36-18-15-28(25-35(36)42-39(44)13-7-21-43-42)26-8-6-9-30(22-26)45-37-12-4-2-10-31(37)33-23-27(16-19-38(33)45)29-17-20-41-34(24-29)32-11-3-5-14-40(32)46-41/h2-25H,1H3. The Morgan fingerprint density at radius 3 is 2.00 bits per heavy atom. The number of thiophene rings is 1. The van der Waals surface area contributed by atoms with E-state index in [9.17, 15) is 0 Å². The van der Waals surface area contributed by atoms with E-state index in [0.29, 0.717) is 0 Å². The zero-order chi connectivity index (χ0) is 30.4. The van der Waals surface area contributed by atoms with Crippen LogP contribution in [0.3, 0.4) is 0 Å². The van der Waals surface area contributed by atoms with Crippen LogP contribution in [-0.2, 0) is 7.05 Å². The van der Waals surface area contributed by atoms with Crippen molar-refractivity contribution in [1.29, 1.82) is 0 Å². The Kier molecular flexibility index (Phi) is 5.37. The molecule has 10 rings (SSSR count). The molecule has 10 aromatic rings. The smallest absolute Gasteiger partial charge is 0.0959 e. The monoisotopic (exact) mass is 605 g/mol. The molecule has 0 saturated carbocycles. The Hall–Kier alpha value is -5.71. The lowest BCUT2D eigenvalue weighted by atomic mass is 10.0. The number of pyridine rings is 1. The number of hydrogen-bond acceptors (Lipinski definition) is 2. The van der Waals surface area contributed by atoms with Crippen LogP contribution in [-0.4, -0.2) is 14.1 Å². The van der Waals surface area contributed by atoms with E-state index in [4.69, 9.17) is 4.98 Å². The molecule has 0 amide bonds. The number of nitrogens with zero attached hydrogens (tertiary/aromatic N) is 3. The van der Waals surface area contributed by atoms with Gasteiger partial charge in [-0.15, -0.1) is 11.3 Å². The predicted molar refractivity (Wildman–Crippen MR) is 196 cm³/mol. The van der Waals surface area contributed by atoms with Gasteiger partial charge in [-0.05, 0) is 95.1 Å². The number of hydrogen-bond donors (Lipinski definition) is 0. The summed E-state index contributed by atoms with van der Waals surface area (Å²) < 4.78 is 7.30. The Morgan fingerprint density at radius 2 is 1.11 bits per heavy atom. The van der Waals surface area contributed by atoms with Crippen molar-refractivity contribution in [2.24, 2.45) is 7.05 Å². The van der Waals surface area contributed by atoms with Crippen LogP contribution in [0.25, 0.3) is 91.9 Å². The molecule has 0 atom stereocenters. The second kappa shape index (κ2) is 9.64. The van der Waals surface area contributed by atoms with Crippen molar-refractivity contribution >= 4 is 75.3 Å². The van der Waals surface area contributed by atoms with Gasteiger partial charge in [0, 0.05) is 55.3 Å². The van der Waals surface area contributed by atoms with Gasteiger partial charge in [-0.2, -0.15) is 0 Å². The second-order valence-corrected chi connectivity index (χ2v) is 13.2. The number of fused-ring (bicyclic) bond motifs is 9. The molecule has 6 aromatic carbocycles. The molecule has 0 saturated heterocycles. The number of aromatic nitrogens is 3. The third-order valence-electron chi connectivity index (χ3n) is 9.58. The molecule has 0 unspecified atom stereocenters. The molecule has 0 N–H and O–H groups in total. The van der Waals surface area contributed by atoms with Crippen molar-refractivity contribution in [3.05, 3.63) is 146 Å². The highest BCUT2D eigenvalue weighted by atomic mass is 32.1. The average molecular weight is 606 g/mol. The summed E-state index contributed by atoms with van der Waals surface area (Å²) in [6.45, 7) is 0. The number of aryl methyl sites for hydroxylation is 1. The molecule has 4 heteroatoms. The maximum Gasteiger partial charge on any atom is 0.0959 e. The number of rotatable bonds is 3. The van der Waals surface area contributed by atoms with Gasteiger partial charge in [0.05, 0.1) is 27.6 Å². The Balaban J connectivity index is 1.13. The van der Waals surface area contributed by atoms with Crippen LogP contribution < -0.4 is 0 Å². The quantitative estimate of drug-likeness (QED) is 0.196. The van der Waals surface area contributed by atoms with Crippen LogP contribution in [0.2, 0.25) is 0 Å². The highest BCUT2D eigenvalue weighted by Gasteiger charge is 2.15. The molecule has 0 bridgehead atoms. The highest BCUT2D eigenvalue weighted by molar-refractivity contribution is 7.25. The van der Waals surface area contributed by atoms with Crippen LogP contribution in [0.15, 0.2) is 146 Å². The van der Waals surface area contributed by atoms with Crippen molar-refractivity contribution < 1.29 is 0 Å². The fraction of sp³-hybridized carbons (Fsp3) is 0.0238. The minimum absolute atomic E-state index is 1.04. The van der Waals surface area contributed by atoms with E-state index in [0.717, 1.165) is 16.7 Å². The van der Waals surface area contributed by atoms with Gasteiger partial charge in [0.15, 0.2) is 0 Å². The van der Waals surface area contributed by atoms with Gasteiger partial charge < -0.3 is 9.13 Å². The second-order valence-electron chi connectivity index (χ2n) is 12.1. The van der Waals surface area contributed by atoms with Gasteiger partial charge in [0.2, 0.25) is 0 Å². The normalized spacial score (nSPS) is 12.0. The van der Waals surface area contributed by atoms with E-state index < -0.39 is 0 Å². The maximum absolute atomic E-state index is 4.72. The van der Waals surface area contributed by atoms with Gasteiger partial charge in [-0.1, -0.05) is 66.7 Å². The average Bonchev–Trinajstić information content (AvgIpc) is 3.75. The molecule has 0 aliphatic rings. The summed E-state index contributed by atoms with van der Waals surface area (Å²) in [6.07, 6.45) is 1.88. The largest absolute Gasteiger partial charge is 0.342 e. The summed E-state index contributed by atoms with van der Waals surface area (Å²) in [5.41, 5.74) is 11.8. The molecule has 0 fully saturated rings. The SMILES string of the molecule is Cn1c2ccc(-c3cccc(-n4c5ccccc5c5cc(-c6ccc7sc8ccccc8c7c6)ccc54)c3)cc2c2ncccc21. The molecule has 3 nitrogen and oxygen atoms in total. The summed E-state index contributed by atoms with van der Waals surface area (Å²) >= 11 is 1.86. The molecular formula is C42H27N3S. The van der Waals surface area contributed by atoms with Gasteiger partial charge >= 0.3 is 0 Å². The summed E-state index contributed by atoms with van der Waals surface area (Å²) in [6, 6.07) is 51.1. The molecular weight excluding hydrogens is 579 g/mol. The summed E-state index contributed by atoms with van der Waals surface area (Å²) in [4.78, 5) is 4.72. The first kappa shape index (κ1) is 25.6. The third-order valence-corrected chi connectivity index (χ3v) is 10.7. The molecule has 4 heterocycles. The fourth-order valence-corrected chi connectivity index (χ4v) is 8.45. The van der Waals surface area contributed by atoms with Crippen molar-refractivity contribution in [3.8, 4) is 27.9 Å². The summed E-state index contributed by atoms with van der Waals surface area (Å²) in [5, 5.41) is 6.36. The molecule has 0 radical (unpaired) electrons. The first-order valence-corrected chi connectivity index (χ1v) is 16.4. The topological polar surface area (TPSA) is 22.8 Å². The van der Waals surface area contributed by atoms with Crippen molar-refractivity contribution in [1.82, 2.24) is 14.1 Å². The zero-order valence-electron chi connectivity index (χ0n) is 25.1. The first-order valence-electron chi connectivity index (χ1n) is 15.6. The molecule has 46 heavy (non-hydrogen) atoms. The Labute approximate surface area is 269 Å². The lowest BCUT2D eigenvalue weighted by Gasteiger charge is -2.11. The highest BCUT2D eigenvalue weighted by Crippen LogP contribution is 2.39. The number of para-hydroxylation sites is 1. The molecule has 0 aliphatic heterocycles.